The Morgan fingerprint density at radius 2 is 1.60 bits per heavy atom. The van der Waals surface area contributed by atoms with Crippen LogP contribution in [0.25, 0.3) is 0 Å². The van der Waals surface area contributed by atoms with E-state index in [9.17, 15) is 14.4 Å². The highest BCUT2D eigenvalue weighted by molar-refractivity contribution is 5.86. The lowest BCUT2D eigenvalue weighted by molar-refractivity contribution is -0.145. The average Bonchev–Trinajstić information content (AvgIpc) is 2.37. The number of carbonyl (C=O) groups excluding carboxylic acids is 1. The molecule has 0 saturated carbocycles. The molecule has 0 radical (unpaired) electrons. The van der Waals surface area contributed by atoms with E-state index in [1.165, 1.54) is 19.1 Å². The molecule has 0 bridgehead atoms. The molecule has 0 fully saturated rings. The molecule has 1 atom stereocenters. The number of aliphatic carboxylic acids is 2. The number of hydrogen-bond acceptors (Lipinski definition) is 5. The van der Waals surface area contributed by atoms with Gasteiger partial charge in [-0.1, -0.05) is 0 Å². The summed E-state index contributed by atoms with van der Waals surface area (Å²) in [7, 11) is 2.94. The minimum Gasteiger partial charge on any atom is -0.481 e. The maximum Gasteiger partial charge on any atom is 0.326 e. The second kappa shape index (κ2) is 9.98. The molecular formula is C11H20N2O7. The number of nitrogens with zero attached hydrogens (tertiary/aromatic N) is 1. The number of urea groups is 1. The minimum atomic E-state index is -1.48. The molecule has 0 unspecified atom stereocenters. The van der Waals surface area contributed by atoms with Gasteiger partial charge in [0, 0.05) is 27.3 Å². The summed E-state index contributed by atoms with van der Waals surface area (Å²) in [6, 6.07) is -2.15. The Labute approximate surface area is 116 Å². The third-order valence-corrected chi connectivity index (χ3v) is 2.39. The SMILES string of the molecule is COCCN(CCOC)C(=O)N[C@@H](CC(=O)O)C(=O)O. The van der Waals surface area contributed by atoms with Crippen LogP contribution in [-0.2, 0) is 19.1 Å². The van der Waals surface area contributed by atoms with Crippen LogP contribution in [0.4, 0.5) is 4.79 Å². The van der Waals surface area contributed by atoms with E-state index in [1.807, 2.05) is 0 Å². The molecule has 0 heterocycles. The molecule has 0 aromatic rings. The first-order valence-corrected chi connectivity index (χ1v) is 5.90. The van der Waals surface area contributed by atoms with E-state index in [2.05, 4.69) is 5.32 Å². The summed E-state index contributed by atoms with van der Waals surface area (Å²) in [5.74, 6) is -2.71. The van der Waals surface area contributed by atoms with Gasteiger partial charge in [-0.15, -0.1) is 0 Å². The Balaban J connectivity index is 4.59. The van der Waals surface area contributed by atoms with Crippen LogP contribution in [0, 0.1) is 0 Å². The molecule has 0 aliphatic carbocycles. The molecule has 0 rings (SSSR count). The van der Waals surface area contributed by atoms with Crippen molar-refractivity contribution in [3.05, 3.63) is 0 Å². The summed E-state index contributed by atoms with van der Waals surface area (Å²) < 4.78 is 9.69. The number of methoxy groups -OCH3 is 2. The number of carboxylic acid groups (broad SMARTS) is 2. The van der Waals surface area contributed by atoms with Crippen molar-refractivity contribution in [3.8, 4) is 0 Å². The molecule has 9 nitrogen and oxygen atoms in total. The molecule has 0 aliphatic rings. The van der Waals surface area contributed by atoms with Crippen LogP contribution in [0.2, 0.25) is 0 Å². The van der Waals surface area contributed by atoms with Crippen LogP contribution in [0.5, 0.6) is 0 Å². The fourth-order valence-electron chi connectivity index (χ4n) is 1.33. The van der Waals surface area contributed by atoms with E-state index >= 15 is 0 Å². The summed E-state index contributed by atoms with van der Waals surface area (Å²) in [6.07, 6.45) is -0.691. The minimum absolute atomic E-state index is 0.241. The van der Waals surface area contributed by atoms with Crippen LogP contribution in [0.1, 0.15) is 6.42 Å². The zero-order chi connectivity index (χ0) is 15.5. The molecule has 0 aromatic heterocycles. The number of hydrogen-bond donors (Lipinski definition) is 3. The fraction of sp³-hybridized carbons (Fsp3) is 0.727. The smallest absolute Gasteiger partial charge is 0.326 e. The summed E-state index contributed by atoms with van der Waals surface area (Å²) >= 11 is 0. The number of amides is 2. The van der Waals surface area contributed by atoms with Crippen LogP contribution >= 0.6 is 0 Å². The van der Waals surface area contributed by atoms with Gasteiger partial charge in [-0.2, -0.15) is 0 Å². The molecule has 9 heteroatoms. The van der Waals surface area contributed by atoms with Crippen molar-refractivity contribution in [2.24, 2.45) is 0 Å². The third kappa shape index (κ3) is 7.54. The van der Waals surface area contributed by atoms with E-state index in [0.717, 1.165) is 0 Å². The molecule has 0 saturated heterocycles. The van der Waals surface area contributed by atoms with E-state index in [0.29, 0.717) is 0 Å². The Hall–Kier alpha value is -1.87. The first-order chi connectivity index (χ1) is 9.42. The normalized spacial score (nSPS) is 11.7. The highest BCUT2D eigenvalue weighted by Crippen LogP contribution is 1.97. The van der Waals surface area contributed by atoms with Gasteiger partial charge in [-0.05, 0) is 0 Å². The number of carboxylic acids is 2. The Kier molecular flexibility index (Phi) is 9.05. The topological polar surface area (TPSA) is 125 Å². The molecule has 2 amide bonds. The highest BCUT2D eigenvalue weighted by atomic mass is 16.5. The number of rotatable bonds is 10. The van der Waals surface area contributed by atoms with Crippen molar-refractivity contribution in [3.63, 3.8) is 0 Å². The Bertz CT molecular complexity index is 327. The lowest BCUT2D eigenvalue weighted by Crippen LogP contribution is -2.50. The maximum absolute atomic E-state index is 11.9. The monoisotopic (exact) mass is 292 g/mol. The van der Waals surface area contributed by atoms with Crippen molar-refractivity contribution in [1.29, 1.82) is 0 Å². The molecule has 0 aromatic carbocycles. The molecule has 3 N–H and O–H groups in total. The summed E-state index contributed by atoms with van der Waals surface area (Å²) in [5, 5.41) is 19.6. The first kappa shape index (κ1) is 18.1. The third-order valence-electron chi connectivity index (χ3n) is 2.39. The molecular weight excluding hydrogens is 272 g/mol. The largest absolute Gasteiger partial charge is 0.481 e. The zero-order valence-electron chi connectivity index (χ0n) is 11.5. The van der Waals surface area contributed by atoms with Gasteiger partial charge >= 0.3 is 18.0 Å². The summed E-state index contributed by atoms with van der Waals surface area (Å²) in [4.78, 5) is 34.6. The van der Waals surface area contributed by atoms with Crippen LogP contribution < -0.4 is 5.32 Å². The lowest BCUT2D eigenvalue weighted by Gasteiger charge is -2.24. The molecule has 0 aliphatic heterocycles. The van der Waals surface area contributed by atoms with Gasteiger partial charge in [-0.3, -0.25) is 4.79 Å². The van der Waals surface area contributed by atoms with Gasteiger partial charge in [0.05, 0.1) is 19.6 Å². The average molecular weight is 292 g/mol. The van der Waals surface area contributed by atoms with Gasteiger partial charge < -0.3 is 29.9 Å². The second-order valence-electron chi connectivity index (χ2n) is 3.91. The summed E-state index contributed by atoms with van der Waals surface area (Å²) in [5.41, 5.74) is 0. The van der Waals surface area contributed by atoms with Crippen LogP contribution in [0.3, 0.4) is 0 Å². The van der Waals surface area contributed by atoms with E-state index < -0.39 is 30.4 Å². The van der Waals surface area contributed by atoms with E-state index in [1.54, 1.807) is 0 Å². The fourth-order valence-corrected chi connectivity index (χ4v) is 1.33. The molecule has 116 valence electrons. The van der Waals surface area contributed by atoms with Gasteiger partial charge in [0.2, 0.25) is 0 Å². The van der Waals surface area contributed by atoms with Crippen molar-refractivity contribution in [1.82, 2.24) is 10.2 Å². The van der Waals surface area contributed by atoms with Gasteiger partial charge in [0.25, 0.3) is 0 Å². The second-order valence-corrected chi connectivity index (χ2v) is 3.91. The Morgan fingerprint density at radius 3 is 1.95 bits per heavy atom. The van der Waals surface area contributed by atoms with E-state index in [-0.39, 0.29) is 26.3 Å². The number of carbonyl (C=O) groups is 3. The predicted octanol–water partition coefficient (Wildman–Crippen LogP) is -0.781. The summed E-state index contributed by atoms with van der Waals surface area (Å²) in [6.45, 7) is 1.03. The maximum atomic E-state index is 11.9. The molecule has 0 spiro atoms. The Morgan fingerprint density at radius 1 is 1.10 bits per heavy atom. The predicted molar refractivity (Wildman–Crippen MR) is 67.5 cm³/mol. The van der Waals surface area contributed by atoms with Crippen molar-refractivity contribution in [2.45, 2.75) is 12.5 Å². The standard InChI is InChI=1S/C11H20N2O7/c1-19-5-3-13(4-6-20-2)11(18)12-8(10(16)17)7-9(14)15/h8H,3-7H2,1-2H3,(H,12,18)(H,14,15)(H,16,17)/t8-/m0/s1. The highest BCUT2D eigenvalue weighted by Gasteiger charge is 2.25. The van der Waals surface area contributed by atoms with Crippen LogP contribution in [0.15, 0.2) is 0 Å². The van der Waals surface area contributed by atoms with Gasteiger partial charge in [0.15, 0.2) is 0 Å². The quantitative estimate of drug-likeness (QED) is 0.482. The zero-order valence-corrected chi connectivity index (χ0v) is 11.5. The van der Waals surface area contributed by atoms with Crippen molar-refractivity contribution < 1.29 is 34.1 Å². The lowest BCUT2D eigenvalue weighted by atomic mass is 10.2. The first-order valence-electron chi connectivity index (χ1n) is 5.90. The van der Waals surface area contributed by atoms with E-state index in [4.69, 9.17) is 19.7 Å². The van der Waals surface area contributed by atoms with Gasteiger partial charge in [0.1, 0.15) is 6.04 Å². The van der Waals surface area contributed by atoms with Gasteiger partial charge in [-0.25, -0.2) is 9.59 Å². The van der Waals surface area contributed by atoms with Crippen molar-refractivity contribution in [2.75, 3.05) is 40.5 Å². The number of nitrogens with one attached hydrogen (secondary N) is 1. The van der Waals surface area contributed by atoms with Crippen LogP contribution in [-0.4, -0.2) is 79.6 Å². The molecule has 20 heavy (non-hydrogen) atoms. The van der Waals surface area contributed by atoms with Crippen molar-refractivity contribution >= 4 is 18.0 Å². The number of ether oxygens (including phenoxy) is 2.